The standard InChI is InChI=1S/C15H15BrN2O2/c1-11(14-7-2-3-8-17-14)18-15(19)10-20-13-6-4-5-12(16)9-13/h2-9,11H,10H2,1H3,(H,18,19). The minimum absolute atomic E-state index is 0.0202. The van der Waals surface area contributed by atoms with E-state index in [1.165, 1.54) is 0 Å². The summed E-state index contributed by atoms with van der Waals surface area (Å²) in [5.41, 5.74) is 0.823. The van der Waals surface area contributed by atoms with Crippen LogP contribution in [-0.2, 0) is 4.79 Å². The van der Waals surface area contributed by atoms with Crippen molar-refractivity contribution in [2.75, 3.05) is 6.61 Å². The largest absolute Gasteiger partial charge is 0.484 e. The third kappa shape index (κ3) is 4.35. The highest BCUT2D eigenvalue weighted by Crippen LogP contribution is 2.17. The number of carbonyl (C=O) groups is 1. The summed E-state index contributed by atoms with van der Waals surface area (Å²) < 4.78 is 6.34. The van der Waals surface area contributed by atoms with E-state index in [0.717, 1.165) is 10.2 Å². The second-order valence-electron chi connectivity index (χ2n) is 4.29. The summed E-state index contributed by atoms with van der Waals surface area (Å²) in [6.45, 7) is 1.87. The van der Waals surface area contributed by atoms with E-state index in [4.69, 9.17) is 4.74 Å². The molecule has 2 rings (SSSR count). The summed E-state index contributed by atoms with van der Waals surface area (Å²) in [7, 11) is 0. The molecule has 0 aliphatic carbocycles. The van der Waals surface area contributed by atoms with E-state index < -0.39 is 0 Å². The lowest BCUT2D eigenvalue weighted by Crippen LogP contribution is -2.31. The topological polar surface area (TPSA) is 51.2 Å². The Morgan fingerprint density at radius 1 is 1.35 bits per heavy atom. The van der Waals surface area contributed by atoms with Crippen LogP contribution in [0.1, 0.15) is 18.7 Å². The number of hydrogen-bond acceptors (Lipinski definition) is 3. The molecule has 2 aromatic rings. The fourth-order valence-electron chi connectivity index (χ4n) is 1.69. The van der Waals surface area contributed by atoms with Crippen LogP contribution in [0, 0.1) is 0 Å². The monoisotopic (exact) mass is 334 g/mol. The molecule has 4 nitrogen and oxygen atoms in total. The lowest BCUT2D eigenvalue weighted by Gasteiger charge is -2.13. The van der Waals surface area contributed by atoms with Gasteiger partial charge < -0.3 is 10.1 Å². The van der Waals surface area contributed by atoms with Crippen molar-refractivity contribution >= 4 is 21.8 Å². The third-order valence-electron chi connectivity index (χ3n) is 2.67. The Balaban J connectivity index is 1.84. The highest BCUT2D eigenvalue weighted by Gasteiger charge is 2.10. The molecule has 0 radical (unpaired) electrons. The Bertz CT molecular complexity index is 575. The van der Waals surface area contributed by atoms with E-state index in [1.807, 2.05) is 43.3 Å². The molecule has 1 atom stereocenters. The second-order valence-corrected chi connectivity index (χ2v) is 5.21. The van der Waals surface area contributed by atoms with Crippen molar-refractivity contribution in [1.29, 1.82) is 0 Å². The van der Waals surface area contributed by atoms with Gasteiger partial charge in [0.2, 0.25) is 0 Å². The molecule has 104 valence electrons. The minimum atomic E-state index is -0.178. The van der Waals surface area contributed by atoms with E-state index in [-0.39, 0.29) is 18.6 Å². The predicted molar refractivity (Wildman–Crippen MR) is 80.4 cm³/mol. The van der Waals surface area contributed by atoms with E-state index in [9.17, 15) is 4.79 Å². The Hall–Kier alpha value is -1.88. The quantitative estimate of drug-likeness (QED) is 0.914. The molecule has 1 aromatic heterocycles. The molecular weight excluding hydrogens is 320 g/mol. The number of pyridine rings is 1. The molecule has 1 aromatic carbocycles. The van der Waals surface area contributed by atoms with Crippen molar-refractivity contribution in [2.45, 2.75) is 13.0 Å². The van der Waals surface area contributed by atoms with Gasteiger partial charge in [-0.3, -0.25) is 9.78 Å². The molecule has 0 aliphatic heterocycles. The number of amides is 1. The lowest BCUT2D eigenvalue weighted by atomic mass is 10.2. The van der Waals surface area contributed by atoms with Crippen LogP contribution in [0.25, 0.3) is 0 Å². The van der Waals surface area contributed by atoms with E-state index in [1.54, 1.807) is 12.3 Å². The summed E-state index contributed by atoms with van der Waals surface area (Å²) in [5, 5.41) is 2.84. The lowest BCUT2D eigenvalue weighted by molar-refractivity contribution is -0.123. The SMILES string of the molecule is CC(NC(=O)COc1cccc(Br)c1)c1ccccn1. The van der Waals surface area contributed by atoms with Gasteiger partial charge in [0.25, 0.3) is 5.91 Å². The van der Waals surface area contributed by atoms with Crippen molar-refractivity contribution in [3.63, 3.8) is 0 Å². The number of halogens is 1. The van der Waals surface area contributed by atoms with Crippen LogP contribution >= 0.6 is 15.9 Å². The van der Waals surface area contributed by atoms with E-state index >= 15 is 0 Å². The number of rotatable bonds is 5. The molecule has 1 amide bonds. The van der Waals surface area contributed by atoms with Gasteiger partial charge in [0.05, 0.1) is 11.7 Å². The van der Waals surface area contributed by atoms with E-state index in [2.05, 4.69) is 26.2 Å². The number of carbonyl (C=O) groups excluding carboxylic acids is 1. The molecular formula is C15H15BrN2O2. The number of ether oxygens (including phenoxy) is 1. The maximum Gasteiger partial charge on any atom is 0.258 e. The highest BCUT2D eigenvalue weighted by atomic mass is 79.9. The van der Waals surface area contributed by atoms with Crippen LogP contribution in [0.3, 0.4) is 0 Å². The van der Waals surface area contributed by atoms with E-state index in [0.29, 0.717) is 5.75 Å². The van der Waals surface area contributed by atoms with Gasteiger partial charge in [-0.1, -0.05) is 28.1 Å². The zero-order valence-corrected chi connectivity index (χ0v) is 12.6. The van der Waals surface area contributed by atoms with Crippen LogP contribution in [0.5, 0.6) is 5.75 Å². The summed E-state index contributed by atoms with van der Waals surface area (Å²) in [6, 6.07) is 12.8. The summed E-state index contributed by atoms with van der Waals surface area (Å²) in [6.07, 6.45) is 1.70. The van der Waals surface area contributed by atoms with Crippen LogP contribution in [0.2, 0.25) is 0 Å². The van der Waals surface area contributed by atoms with Crippen molar-refractivity contribution in [3.8, 4) is 5.75 Å². The Kier molecular flexibility index (Phi) is 5.12. The molecule has 0 bridgehead atoms. The van der Waals surface area contributed by atoms with Gasteiger partial charge in [-0.05, 0) is 37.3 Å². The molecule has 0 saturated carbocycles. The first-order valence-electron chi connectivity index (χ1n) is 6.24. The number of nitrogens with one attached hydrogen (secondary N) is 1. The van der Waals surface area contributed by atoms with Gasteiger partial charge in [-0.15, -0.1) is 0 Å². The smallest absolute Gasteiger partial charge is 0.258 e. The second kappa shape index (κ2) is 7.05. The Labute approximate surface area is 126 Å². The summed E-state index contributed by atoms with van der Waals surface area (Å²) in [5.74, 6) is 0.475. The molecule has 0 spiro atoms. The maximum atomic E-state index is 11.8. The number of nitrogens with zero attached hydrogens (tertiary/aromatic N) is 1. The molecule has 5 heteroatoms. The van der Waals surface area contributed by atoms with Gasteiger partial charge in [-0.2, -0.15) is 0 Å². The zero-order chi connectivity index (χ0) is 14.4. The maximum absolute atomic E-state index is 11.8. The predicted octanol–water partition coefficient (Wildman–Crippen LogP) is 3.10. The zero-order valence-electron chi connectivity index (χ0n) is 11.0. The molecule has 1 unspecified atom stereocenters. The highest BCUT2D eigenvalue weighted by molar-refractivity contribution is 9.10. The van der Waals surface area contributed by atoms with Gasteiger partial charge in [0.15, 0.2) is 6.61 Å². The number of benzene rings is 1. The van der Waals surface area contributed by atoms with Crippen LogP contribution < -0.4 is 10.1 Å². The summed E-state index contributed by atoms with van der Waals surface area (Å²) in [4.78, 5) is 16.0. The van der Waals surface area contributed by atoms with Crippen LogP contribution in [0.4, 0.5) is 0 Å². The van der Waals surface area contributed by atoms with Crippen molar-refractivity contribution in [3.05, 3.63) is 58.8 Å². The van der Waals surface area contributed by atoms with Gasteiger partial charge in [0, 0.05) is 10.7 Å². The van der Waals surface area contributed by atoms with Crippen LogP contribution in [0.15, 0.2) is 53.1 Å². The first kappa shape index (κ1) is 14.5. The third-order valence-corrected chi connectivity index (χ3v) is 3.17. The average Bonchev–Trinajstić information content (AvgIpc) is 2.46. The fraction of sp³-hybridized carbons (Fsp3) is 0.200. The molecule has 0 fully saturated rings. The van der Waals surface area contributed by atoms with Crippen molar-refractivity contribution in [2.24, 2.45) is 0 Å². The normalized spacial score (nSPS) is 11.7. The molecule has 0 aliphatic rings. The Morgan fingerprint density at radius 3 is 2.90 bits per heavy atom. The minimum Gasteiger partial charge on any atom is -0.484 e. The fourth-order valence-corrected chi connectivity index (χ4v) is 2.07. The number of hydrogen-bond donors (Lipinski definition) is 1. The van der Waals surface area contributed by atoms with Crippen molar-refractivity contribution in [1.82, 2.24) is 10.3 Å². The first-order chi connectivity index (χ1) is 9.65. The molecule has 0 saturated heterocycles. The van der Waals surface area contributed by atoms with Gasteiger partial charge >= 0.3 is 0 Å². The van der Waals surface area contributed by atoms with Crippen molar-refractivity contribution < 1.29 is 9.53 Å². The molecule has 1 heterocycles. The average molecular weight is 335 g/mol. The molecule has 20 heavy (non-hydrogen) atoms. The first-order valence-corrected chi connectivity index (χ1v) is 7.03. The van der Waals surface area contributed by atoms with Gasteiger partial charge in [-0.25, -0.2) is 0 Å². The summed E-state index contributed by atoms with van der Waals surface area (Å²) >= 11 is 3.35. The number of aromatic nitrogens is 1. The van der Waals surface area contributed by atoms with Gasteiger partial charge in [0.1, 0.15) is 5.75 Å². The Morgan fingerprint density at radius 2 is 2.20 bits per heavy atom. The molecule has 1 N–H and O–H groups in total. The van der Waals surface area contributed by atoms with Crippen LogP contribution in [-0.4, -0.2) is 17.5 Å².